The molecule has 3 N–H and O–H groups in total. The molecule has 3 aromatic heterocycles. The molecule has 3 amide bonds. The minimum absolute atomic E-state index is 0.115. The van der Waals surface area contributed by atoms with Crippen LogP contribution in [0, 0.1) is 0 Å². The maximum absolute atomic E-state index is 12.9. The molecular formula is C25H24N4O4S2. The molecule has 0 radical (unpaired) electrons. The highest BCUT2D eigenvalue weighted by Crippen LogP contribution is 2.35. The predicted molar refractivity (Wildman–Crippen MR) is 136 cm³/mol. The van der Waals surface area contributed by atoms with Crippen LogP contribution >= 0.6 is 22.7 Å². The van der Waals surface area contributed by atoms with E-state index in [0.717, 1.165) is 40.1 Å². The first kappa shape index (κ1) is 23.3. The number of benzene rings is 1. The number of amides is 3. The van der Waals surface area contributed by atoms with Crippen molar-refractivity contribution >= 4 is 51.4 Å². The summed E-state index contributed by atoms with van der Waals surface area (Å²) in [4.78, 5) is 44.0. The van der Waals surface area contributed by atoms with Crippen LogP contribution in [-0.4, -0.2) is 46.7 Å². The van der Waals surface area contributed by atoms with Crippen molar-refractivity contribution in [1.29, 1.82) is 0 Å². The second kappa shape index (κ2) is 10.0. The SMILES string of the molecule is NC(=O)C1CCCCN1C(=O)CCNC(=O)c1sccc1-c1nc(-c2cc3ccccc3o2)cs1. The van der Waals surface area contributed by atoms with Gasteiger partial charge < -0.3 is 20.4 Å². The van der Waals surface area contributed by atoms with Gasteiger partial charge in [0.25, 0.3) is 5.91 Å². The number of primary amides is 1. The second-order valence-electron chi connectivity index (χ2n) is 8.36. The summed E-state index contributed by atoms with van der Waals surface area (Å²) in [5, 5.41) is 8.33. The number of carbonyl (C=O) groups excluding carboxylic acids is 3. The lowest BCUT2D eigenvalue weighted by Gasteiger charge is -2.33. The van der Waals surface area contributed by atoms with Crippen LogP contribution in [0.3, 0.4) is 0 Å². The molecule has 4 aromatic rings. The molecule has 35 heavy (non-hydrogen) atoms. The third kappa shape index (κ3) is 4.85. The largest absolute Gasteiger partial charge is 0.454 e. The van der Waals surface area contributed by atoms with Crippen molar-refractivity contribution in [2.45, 2.75) is 31.7 Å². The Morgan fingerprint density at radius 2 is 2.03 bits per heavy atom. The minimum atomic E-state index is -0.554. The van der Waals surface area contributed by atoms with Gasteiger partial charge in [-0.1, -0.05) is 18.2 Å². The molecule has 8 nitrogen and oxygen atoms in total. The molecule has 180 valence electrons. The molecule has 1 unspecified atom stereocenters. The fourth-order valence-electron chi connectivity index (χ4n) is 4.30. The Bertz CT molecular complexity index is 1360. The number of piperidine rings is 1. The summed E-state index contributed by atoms with van der Waals surface area (Å²) < 4.78 is 5.91. The number of thiazole rings is 1. The average Bonchev–Trinajstić information content (AvgIpc) is 3.62. The highest BCUT2D eigenvalue weighted by atomic mass is 32.1. The van der Waals surface area contributed by atoms with Crippen LogP contribution in [0.2, 0.25) is 0 Å². The van der Waals surface area contributed by atoms with Gasteiger partial charge in [0.2, 0.25) is 11.8 Å². The Labute approximate surface area is 209 Å². The summed E-state index contributed by atoms with van der Waals surface area (Å²) in [5.74, 6) is -0.222. The normalized spacial score (nSPS) is 15.9. The number of nitrogens with one attached hydrogen (secondary N) is 1. The van der Waals surface area contributed by atoms with Crippen LogP contribution in [0.1, 0.15) is 35.4 Å². The summed E-state index contributed by atoms with van der Waals surface area (Å²) >= 11 is 2.77. The van der Waals surface area contributed by atoms with Gasteiger partial charge >= 0.3 is 0 Å². The number of carbonyl (C=O) groups is 3. The molecule has 0 aliphatic carbocycles. The minimum Gasteiger partial charge on any atom is -0.454 e. The highest BCUT2D eigenvalue weighted by molar-refractivity contribution is 7.15. The lowest BCUT2D eigenvalue weighted by molar-refractivity contribution is -0.140. The summed E-state index contributed by atoms with van der Waals surface area (Å²) in [6, 6.07) is 11.1. The number of hydrogen-bond acceptors (Lipinski definition) is 7. The molecule has 1 saturated heterocycles. The molecule has 1 aromatic carbocycles. The van der Waals surface area contributed by atoms with E-state index in [1.165, 1.54) is 22.7 Å². The van der Waals surface area contributed by atoms with Gasteiger partial charge in [-0.05, 0) is 42.8 Å². The number of likely N-dealkylation sites (tertiary alicyclic amines) is 1. The first-order chi connectivity index (χ1) is 17.0. The van der Waals surface area contributed by atoms with E-state index in [-0.39, 0.29) is 24.8 Å². The molecule has 0 bridgehead atoms. The standard InChI is InChI=1S/C25H24N4O4S2/c26-23(31)18-6-3-4-11-29(18)21(30)8-10-27-24(32)22-16(9-12-34-22)25-28-17(14-35-25)20-13-15-5-1-2-7-19(15)33-20/h1-2,5,7,9,12-14,18H,3-4,6,8,10-11H2,(H2,26,31)(H,27,32). The van der Waals surface area contributed by atoms with Crippen molar-refractivity contribution in [2.75, 3.05) is 13.1 Å². The van der Waals surface area contributed by atoms with Gasteiger partial charge in [-0.15, -0.1) is 22.7 Å². The number of hydrogen-bond donors (Lipinski definition) is 2. The van der Waals surface area contributed by atoms with Crippen molar-refractivity contribution in [1.82, 2.24) is 15.2 Å². The van der Waals surface area contributed by atoms with Gasteiger partial charge in [0, 0.05) is 35.8 Å². The van der Waals surface area contributed by atoms with Crippen molar-refractivity contribution < 1.29 is 18.8 Å². The van der Waals surface area contributed by atoms with Gasteiger partial charge in [-0.25, -0.2) is 4.98 Å². The fourth-order valence-corrected chi connectivity index (χ4v) is 6.02. The van der Waals surface area contributed by atoms with Crippen molar-refractivity contribution in [3.63, 3.8) is 0 Å². The van der Waals surface area contributed by atoms with Crippen LogP contribution in [0.4, 0.5) is 0 Å². The van der Waals surface area contributed by atoms with Gasteiger partial charge in [-0.3, -0.25) is 14.4 Å². The van der Waals surface area contributed by atoms with Crippen LogP contribution in [0.15, 0.2) is 51.6 Å². The van der Waals surface area contributed by atoms with E-state index in [4.69, 9.17) is 15.1 Å². The lowest BCUT2D eigenvalue weighted by Crippen LogP contribution is -2.51. The van der Waals surface area contributed by atoms with Crippen LogP contribution in [0.5, 0.6) is 0 Å². The second-order valence-corrected chi connectivity index (χ2v) is 10.1. The number of furan rings is 1. The number of nitrogens with zero attached hydrogens (tertiary/aromatic N) is 2. The lowest BCUT2D eigenvalue weighted by atomic mass is 10.0. The Kier molecular flexibility index (Phi) is 6.65. The third-order valence-electron chi connectivity index (χ3n) is 6.06. The molecule has 1 aliphatic rings. The molecule has 0 spiro atoms. The van der Waals surface area contributed by atoms with Gasteiger partial charge in [0.05, 0.1) is 0 Å². The quantitative estimate of drug-likeness (QED) is 0.386. The van der Waals surface area contributed by atoms with Crippen molar-refractivity contribution in [3.05, 3.63) is 52.0 Å². The maximum Gasteiger partial charge on any atom is 0.262 e. The zero-order valence-electron chi connectivity index (χ0n) is 18.9. The van der Waals surface area contributed by atoms with E-state index in [1.54, 1.807) is 4.90 Å². The maximum atomic E-state index is 12.9. The molecule has 5 rings (SSSR count). The topological polar surface area (TPSA) is 119 Å². The van der Waals surface area contributed by atoms with E-state index in [9.17, 15) is 14.4 Å². The summed E-state index contributed by atoms with van der Waals surface area (Å²) in [6.45, 7) is 0.701. The number of thiophene rings is 1. The summed E-state index contributed by atoms with van der Waals surface area (Å²) in [5.41, 5.74) is 7.72. The van der Waals surface area contributed by atoms with Crippen molar-refractivity contribution in [2.24, 2.45) is 5.73 Å². The fraction of sp³-hybridized carbons (Fsp3) is 0.280. The zero-order valence-corrected chi connectivity index (χ0v) is 20.5. The number of rotatable bonds is 7. The van der Waals surface area contributed by atoms with Gasteiger partial charge in [-0.2, -0.15) is 0 Å². The zero-order chi connectivity index (χ0) is 24.4. The van der Waals surface area contributed by atoms with E-state index in [0.29, 0.717) is 23.6 Å². The molecular weight excluding hydrogens is 484 g/mol. The number of aromatic nitrogens is 1. The molecule has 4 heterocycles. The summed E-state index contributed by atoms with van der Waals surface area (Å²) in [6.07, 6.45) is 2.44. The van der Waals surface area contributed by atoms with Crippen LogP contribution in [-0.2, 0) is 9.59 Å². The van der Waals surface area contributed by atoms with Crippen LogP contribution in [0.25, 0.3) is 33.0 Å². The number of para-hydroxylation sites is 1. The van der Waals surface area contributed by atoms with Crippen LogP contribution < -0.4 is 11.1 Å². The molecule has 1 atom stereocenters. The van der Waals surface area contributed by atoms with E-state index in [1.807, 2.05) is 47.2 Å². The first-order valence-electron chi connectivity index (χ1n) is 11.4. The Morgan fingerprint density at radius 3 is 2.86 bits per heavy atom. The molecule has 0 saturated carbocycles. The third-order valence-corrected chi connectivity index (χ3v) is 7.85. The number of fused-ring (bicyclic) bond motifs is 1. The molecule has 1 aliphatic heterocycles. The first-order valence-corrected chi connectivity index (χ1v) is 13.2. The Morgan fingerprint density at radius 1 is 1.17 bits per heavy atom. The Hall–Kier alpha value is -3.50. The van der Waals surface area contributed by atoms with Crippen molar-refractivity contribution in [3.8, 4) is 22.0 Å². The van der Waals surface area contributed by atoms with E-state index < -0.39 is 11.9 Å². The smallest absolute Gasteiger partial charge is 0.262 e. The average molecular weight is 509 g/mol. The van der Waals surface area contributed by atoms with Gasteiger partial charge in [0.1, 0.15) is 27.2 Å². The monoisotopic (exact) mass is 508 g/mol. The highest BCUT2D eigenvalue weighted by Gasteiger charge is 2.30. The molecule has 10 heteroatoms. The number of nitrogens with two attached hydrogens (primary N) is 1. The summed E-state index contributed by atoms with van der Waals surface area (Å²) in [7, 11) is 0. The predicted octanol–water partition coefficient (Wildman–Crippen LogP) is 4.27. The van der Waals surface area contributed by atoms with E-state index in [2.05, 4.69) is 5.32 Å². The van der Waals surface area contributed by atoms with Gasteiger partial charge in [0.15, 0.2) is 5.76 Å². The molecule has 1 fully saturated rings. The Balaban J connectivity index is 1.23. The van der Waals surface area contributed by atoms with E-state index >= 15 is 0 Å².